The molecule has 1 aromatic carbocycles. The number of nitrogens with zero attached hydrogens (tertiary/aromatic N) is 3. The van der Waals surface area contributed by atoms with Gasteiger partial charge in [0.15, 0.2) is 0 Å². The lowest BCUT2D eigenvalue weighted by Crippen LogP contribution is -2.26. The number of benzene rings is 1. The lowest BCUT2D eigenvalue weighted by atomic mass is 10.1. The number of aryl methyl sites for hydroxylation is 2. The van der Waals surface area contributed by atoms with Crippen LogP contribution < -0.4 is 0 Å². The molecule has 0 aliphatic carbocycles. The number of halogens is 1. The van der Waals surface area contributed by atoms with Crippen molar-refractivity contribution in [3.05, 3.63) is 45.7 Å². The maximum atomic E-state index is 13.0. The summed E-state index contributed by atoms with van der Waals surface area (Å²) in [5, 5.41) is 4.95. The topological polar surface area (TPSA) is 55.2 Å². The third-order valence-corrected chi connectivity index (χ3v) is 6.35. The summed E-state index contributed by atoms with van der Waals surface area (Å²) in [4.78, 5) is 0.327. The minimum Gasteiger partial charge on any atom is -0.268 e. The molecular formula is C15H18ClN3O2S. The van der Waals surface area contributed by atoms with Gasteiger partial charge in [0.05, 0.1) is 11.4 Å². The Morgan fingerprint density at radius 2 is 1.91 bits per heavy atom. The van der Waals surface area contributed by atoms with Crippen LogP contribution in [-0.2, 0) is 29.7 Å². The molecule has 1 aliphatic rings. The quantitative estimate of drug-likeness (QED) is 0.864. The summed E-state index contributed by atoms with van der Waals surface area (Å²) in [6.45, 7) is 6.88. The van der Waals surface area contributed by atoms with Gasteiger partial charge in [-0.05, 0) is 44.0 Å². The maximum absolute atomic E-state index is 13.0. The zero-order valence-corrected chi connectivity index (χ0v) is 14.4. The first kappa shape index (κ1) is 15.5. The molecule has 2 aromatic rings. The zero-order chi connectivity index (χ0) is 16.1. The first-order valence-electron chi connectivity index (χ1n) is 7.16. The van der Waals surface area contributed by atoms with Crippen molar-refractivity contribution in [2.45, 2.75) is 45.3 Å². The predicted octanol–water partition coefficient (Wildman–Crippen LogP) is 2.88. The number of hydrogen-bond donors (Lipinski definition) is 0. The number of fused-ring (bicyclic) bond motifs is 1. The van der Waals surface area contributed by atoms with Crippen molar-refractivity contribution in [3.63, 3.8) is 0 Å². The van der Waals surface area contributed by atoms with Crippen LogP contribution in [0.2, 0.25) is 5.02 Å². The molecule has 0 N–H and O–H groups in total. The highest BCUT2D eigenvalue weighted by atomic mass is 35.5. The fourth-order valence-electron chi connectivity index (χ4n) is 2.99. The van der Waals surface area contributed by atoms with Crippen LogP contribution in [0.5, 0.6) is 0 Å². The van der Waals surface area contributed by atoms with Gasteiger partial charge < -0.3 is 0 Å². The van der Waals surface area contributed by atoms with E-state index >= 15 is 0 Å². The molecule has 0 fully saturated rings. The Kier molecular flexibility index (Phi) is 3.79. The Morgan fingerprint density at radius 1 is 1.23 bits per heavy atom. The summed E-state index contributed by atoms with van der Waals surface area (Å²) < 4.78 is 29.2. The Labute approximate surface area is 135 Å². The molecular weight excluding hydrogens is 322 g/mol. The van der Waals surface area contributed by atoms with Crippen molar-refractivity contribution in [2.75, 3.05) is 0 Å². The fourth-order valence-corrected chi connectivity index (χ4v) is 4.96. The molecule has 7 heteroatoms. The van der Waals surface area contributed by atoms with E-state index in [2.05, 4.69) is 5.10 Å². The van der Waals surface area contributed by atoms with Crippen LogP contribution >= 0.6 is 11.6 Å². The highest BCUT2D eigenvalue weighted by Crippen LogP contribution is 2.32. The summed E-state index contributed by atoms with van der Waals surface area (Å²) in [5.74, 6) is 0. The summed E-state index contributed by atoms with van der Waals surface area (Å²) >= 11 is 5.99. The fraction of sp³-hybridized carbons (Fsp3) is 0.400. The molecule has 0 spiro atoms. The van der Waals surface area contributed by atoms with Crippen molar-refractivity contribution >= 4 is 21.6 Å². The largest absolute Gasteiger partial charge is 0.268 e. The third-order valence-electron chi connectivity index (χ3n) is 4.07. The molecule has 0 saturated heterocycles. The molecule has 1 aliphatic heterocycles. The van der Waals surface area contributed by atoms with Gasteiger partial charge in [0.25, 0.3) is 0 Å². The van der Waals surface area contributed by atoms with Crippen LogP contribution in [0, 0.1) is 13.8 Å². The number of aromatic nitrogens is 2. The number of rotatable bonds is 3. The minimum atomic E-state index is -3.56. The van der Waals surface area contributed by atoms with Crippen molar-refractivity contribution in [2.24, 2.45) is 0 Å². The van der Waals surface area contributed by atoms with E-state index in [1.165, 1.54) is 4.31 Å². The summed E-state index contributed by atoms with van der Waals surface area (Å²) in [6.07, 6.45) is 0. The molecule has 1 aromatic heterocycles. The standard InChI is InChI=1S/C15H18ClN3O2S/c1-4-19-11(3)15(10(2)17-19)22(20,21)18-8-12-5-6-14(16)7-13(12)9-18/h5-7H,4,8-9H2,1-3H3. The highest BCUT2D eigenvalue weighted by Gasteiger charge is 2.34. The first-order valence-corrected chi connectivity index (χ1v) is 8.98. The number of sulfonamides is 1. The highest BCUT2D eigenvalue weighted by molar-refractivity contribution is 7.89. The molecule has 118 valence electrons. The van der Waals surface area contributed by atoms with E-state index in [9.17, 15) is 8.42 Å². The van der Waals surface area contributed by atoms with E-state index in [-0.39, 0.29) is 0 Å². The molecule has 0 bridgehead atoms. The smallest absolute Gasteiger partial charge is 0.247 e. The second-order valence-electron chi connectivity index (χ2n) is 5.50. The Balaban J connectivity index is 2.01. The van der Waals surface area contributed by atoms with Gasteiger partial charge in [-0.1, -0.05) is 17.7 Å². The van der Waals surface area contributed by atoms with E-state index < -0.39 is 10.0 Å². The van der Waals surface area contributed by atoms with E-state index in [1.807, 2.05) is 19.1 Å². The number of hydrogen-bond acceptors (Lipinski definition) is 3. The molecule has 0 saturated carbocycles. The lowest BCUT2D eigenvalue weighted by Gasteiger charge is -2.16. The SMILES string of the molecule is CCn1nc(C)c(S(=O)(=O)N2Cc3ccc(Cl)cc3C2)c1C. The van der Waals surface area contributed by atoms with Crippen molar-refractivity contribution in [1.29, 1.82) is 0 Å². The monoisotopic (exact) mass is 339 g/mol. The van der Waals surface area contributed by atoms with Gasteiger partial charge >= 0.3 is 0 Å². The van der Waals surface area contributed by atoms with Crippen molar-refractivity contribution in [1.82, 2.24) is 14.1 Å². The van der Waals surface area contributed by atoms with Crippen LogP contribution in [-0.4, -0.2) is 22.5 Å². The molecule has 0 amide bonds. The second-order valence-corrected chi connectivity index (χ2v) is 7.81. The normalized spacial score (nSPS) is 15.3. The van der Waals surface area contributed by atoms with Gasteiger partial charge in [-0.2, -0.15) is 9.40 Å². The molecule has 0 radical (unpaired) electrons. The molecule has 2 heterocycles. The van der Waals surface area contributed by atoms with Crippen molar-refractivity contribution < 1.29 is 8.42 Å². The summed E-state index contributed by atoms with van der Waals surface area (Å²) in [6, 6.07) is 5.52. The zero-order valence-electron chi connectivity index (χ0n) is 12.8. The average Bonchev–Trinajstić information content (AvgIpc) is 2.99. The van der Waals surface area contributed by atoms with E-state index in [0.717, 1.165) is 11.1 Å². The minimum absolute atomic E-state index is 0.327. The predicted molar refractivity (Wildman–Crippen MR) is 85.3 cm³/mol. The molecule has 0 unspecified atom stereocenters. The third kappa shape index (κ3) is 2.35. The Morgan fingerprint density at radius 3 is 2.55 bits per heavy atom. The Bertz CT molecular complexity index is 843. The van der Waals surface area contributed by atoms with Crippen molar-refractivity contribution in [3.8, 4) is 0 Å². The van der Waals surface area contributed by atoms with Gasteiger partial charge in [-0.15, -0.1) is 0 Å². The van der Waals surface area contributed by atoms with Gasteiger partial charge in [-0.25, -0.2) is 8.42 Å². The van der Waals surface area contributed by atoms with E-state index in [0.29, 0.717) is 40.9 Å². The molecule has 3 rings (SSSR count). The van der Waals surface area contributed by atoms with Crippen LogP contribution in [0.15, 0.2) is 23.1 Å². The summed E-state index contributed by atoms with van der Waals surface area (Å²) in [7, 11) is -3.56. The lowest BCUT2D eigenvalue weighted by molar-refractivity contribution is 0.430. The van der Waals surface area contributed by atoms with Crippen LogP contribution in [0.25, 0.3) is 0 Å². The van der Waals surface area contributed by atoms with E-state index in [1.54, 1.807) is 24.6 Å². The van der Waals surface area contributed by atoms with Crippen LogP contribution in [0.4, 0.5) is 0 Å². The summed E-state index contributed by atoms with van der Waals surface area (Å²) in [5.41, 5.74) is 3.21. The van der Waals surface area contributed by atoms with Gasteiger partial charge in [0, 0.05) is 24.7 Å². The maximum Gasteiger partial charge on any atom is 0.247 e. The van der Waals surface area contributed by atoms with Crippen LogP contribution in [0.1, 0.15) is 29.4 Å². The molecule has 0 atom stereocenters. The molecule has 22 heavy (non-hydrogen) atoms. The van der Waals surface area contributed by atoms with Crippen LogP contribution in [0.3, 0.4) is 0 Å². The van der Waals surface area contributed by atoms with Gasteiger partial charge in [0.1, 0.15) is 4.90 Å². The first-order chi connectivity index (χ1) is 10.3. The van der Waals surface area contributed by atoms with Gasteiger partial charge in [-0.3, -0.25) is 4.68 Å². The average molecular weight is 340 g/mol. The van der Waals surface area contributed by atoms with Gasteiger partial charge in [0.2, 0.25) is 10.0 Å². The Hall–Kier alpha value is -1.37. The van der Waals surface area contributed by atoms with E-state index in [4.69, 9.17) is 11.6 Å². The molecule has 5 nitrogen and oxygen atoms in total. The second kappa shape index (κ2) is 5.37.